The molecule has 5 heteroatoms. The molecule has 0 fully saturated rings. The molecule has 1 aromatic rings. The van der Waals surface area contributed by atoms with Crippen LogP contribution in [0.1, 0.15) is 18.5 Å². The van der Waals surface area contributed by atoms with Crippen LogP contribution in [0.3, 0.4) is 0 Å². The van der Waals surface area contributed by atoms with Crippen LogP contribution < -0.4 is 0 Å². The molecule has 0 aliphatic heterocycles. The zero-order valence-electron chi connectivity index (χ0n) is 7.44. The van der Waals surface area contributed by atoms with Gasteiger partial charge in [-0.15, -0.1) is 11.3 Å². The largest absolute Gasteiger partial charge is 0.396 e. The Morgan fingerprint density at radius 1 is 1.62 bits per heavy atom. The van der Waals surface area contributed by atoms with Gasteiger partial charge in [0.2, 0.25) is 0 Å². The lowest BCUT2D eigenvalue weighted by atomic mass is 10.3. The summed E-state index contributed by atoms with van der Waals surface area (Å²) in [6.07, 6.45) is 2.32. The monoisotopic (exact) mass is 346 g/mol. The van der Waals surface area contributed by atoms with Gasteiger partial charge >= 0.3 is 0 Å². The lowest BCUT2D eigenvalue weighted by Gasteiger charge is -2.00. The molecule has 0 amide bonds. The molecule has 1 rings (SSSR count). The quantitative estimate of drug-likeness (QED) is 0.656. The van der Waals surface area contributed by atoms with Gasteiger partial charge < -0.3 is 5.11 Å². The van der Waals surface area contributed by atoms with Crippen LogP contribution in [-0.4, -0.2) is 20.1 Å². The Morgan fingerprint density at radius 2 is 2.31 bits per heavy atom. The molecule has 1 N–H and O–H groups in total. The first-order chi connectivity index (χ1) is 6.20. The Bertz CT molecular complexity index is 263. The predicted octanol–water partition coefficient (Wildman–Crippen LogP) is 2.98. The maximum absolute atomic E-state index is 8.94. The molecule has 1 nitrogen and oxygen atoms in total. The van der Waals surface area contributed by atoms with Gasteiger partial charge in [-0.2, -0.15) is 0 Å². The highest BCUT2D eigenvalue weighted by atomic mass is 127. The lowest BCUT2D eigenvalue weighted by Crippen LogP contribution is -2.08. The summed E-state index contributed by atoms with van der Waals surface area (Å²) in [6.45, 7) is 2.45. The first kappa shape index (κ1) is 12.1. The average Bonchev–Trinajstić information content (AvgIpc) is 2.33. The summed E-state index contributed by atoms with van der Waals surface area (Å²) in [5, 5.41) is 10.5. The van der Waals surface area contributed by atoms with Crippen molar-refractivity contribution in [3.8, 4) is 0 Å². The van der Waals surface area contributed by atoms with Gasteiger partial charge in [-0.3, -0.25) is 0 Å². The van der Waals surface area contributed by atoms with Crippen LogP contribution in [0, 0.1) is 2.88 Å². The number of aliphatic hydroxyl groups is 1. The number of hydrogen-bond donors (Lipinski definition) is 1. The van der Waals surface area contributed by atoms with Crippen molar-refractivity contribution in [2.75, 3.05) is 6.61 Å². The summed E-state index contributed by atoms with van der Waals surface area (Å²) in [7, 11) is -0.723. The standard InChI is InChI=1S/C8H12ClIOSSi/c1-2-3-6-7(10)12-8(9)13(6)5-4-11/h11H,2-5H2,1H3. The third-order valence-corrected chi connectivity index (χ3v) is 8.87. The molecular weight excluding hydrogens is 335 g/mol. The molecule has 13 heavy (non-hydrogen) atoms. The zero-order chi connectivity index (χ0) is 9.84. The molecule has 0 spiro atoms. The average molecular weight is 347 g/mol. The molecular formula is C8H12ClIOSSi. The van der Waals surface area contributed by atoms with Crippen LogP contribution in [0.25, 0.3) is 0 Å². The second kappa shape index (κ2) is 5.80. The van der Waals surface area contributed by atoms with E-state index in [9.17, 15) is 0 Å². The van der Waals surface area contributed by atoms with Gasteiger partial charge in [-0.05, 0) is 40.2 Å². The second-order valence-electron chi connectivity index (χ2n) is 2.83. The van der Waals surface area contributed by atoms with Crippen molar-refractivity contribution < 1.29 is 5.11 Å². The Morgan fingerprint density at radius 3 is 2.85 bits per heavy atom. The minimum atomic E-state index is -0.723. The van der Waals surface area contributed by atoms with E-state index in [0.717, 1.165) is 16.4 Å². The molecule has 0 saturated carbocycles. The Kier molecular flexibility index (Phi) is 5.40. The Balaban J connectivity index is 2.98. The molecule has 0 aliphatic rings. The van der Waals surface area contributed by atoms with E-state index in [0.29, 0.717) is 0 Å². The third kappa shape index (κ3) is 2.99. The van der Waals surface area contributed by atoms with Crippen LogP contribution in [0.15, 0.2) is 0 Å². The number of rotatable bonds is 4. The summed E-state index contributed by atoms with van der Waals surface area (Å²) in [4.78, 5) is 0. The third-order valence-electron chi connectivity index (χ3n) is 1.88. The zero-order valence-corrected chi connectivity index (χ0v) is 12.2. The molecule has 0 saturated heterocycles. The fraction of sp³-hybridized carbons (Fsp3) is 0.625. The van der Waals surface area contributed by atoms with Gasteiger partial charge in [-0.25, -0.2) is 0 Å². The molecule has 74 valence electrons. The molecule has 1 aromatic heterocycles. The summed E-state index contributed by atoms with van der Waals surface area (Å²) < 4.78 is 2.39. The smallest absolute Gasteiger partial charge is 0.0819 e. The molecule has 0 aliphatic carbocycles. The first-order valence-corrected chi connectivity index (χ1v) is 8.25. The van der Waals surface area contributed by atoms with Gasteiger partial charge in [0.05, 0.1) is 15.2 Å². The molecule has 0 bridgehead atoms. The lowest BCUT2D eigenvalue weighted by molar-refractivity contribution is 0.308. The van der Waals surface area contributed by atoms with Crippen LogP contribution in [0.4, 0.5) is 0 Å². The van der Waals surface area contributed by atoms with E-state index in [4.69, 9.17) is 16.7 Å². The summed E-state index contributed by atoms with van der Waals surface area (Å²) in [5.74, 6) is 0. The number of hydrogen-bond acceptors (Lipinski definition) is 2. The van der Waals surface area contributed by atoms with Crippen molar-refractivity contribution in [1.82, 2.24) is 0 Å². The van der Waals surface area contributed by atoms with E-state index in [1.54, 1.807) is 11.3 Å². The normalized spacial score (nSPS) is 10.8. The van der Waals surface area contributed by atoms with E-state index < -0.39 is 8.40 Å². The number of aliphatic hydroxyl groups excluding tert-OH is 1. The minimum Gasteiger partial charge on any atom is -0.396 e. The highest BCUT2D eigenvalue weighted by Gasteiger charge is 2.14. The fourth-order valence-electron chi connectivity index (χ4n) is 1.30. The van der Waals surface area contributed by atoms with Gasteiger partial charge in [0.15, 0.2) is 0 Å². The second-order valence-corrected chi connectivity index (χ2v) is 9.50. The van der Waals surface area contributed by atoms with Crippen LogP contribution in [0.2, 0.25) is 3.95 Å². The van der Waals surface area contributed by atoms with E-state index in [1.807, 2.05) is 0 Å². The summed E-state index contributed by atoms with van der Waals surface area (Å²) in [5.41, 5.74) is 0. The maximum atomic E-state index is 8.94. The van der Waals surface area contributed by atoms with Crippen molar-refractivity contribution in [1.29, 1.82) is 0 Å². The summed E-state index contributed by atoms with van der Waals surface area (Å²) >= 11 is 10.2. The molecule has 0 atom stereocenters. The fourth-order valence-corrected chi connectivity index (χ4v) is 9.21. The predicted molar refractivity (Wildman–Crippen MR) is 69.1 cm³/mol. The van der Waals surface area contributed by atoms with Gasteiger partial charge in [0.25, 0.3) is 0 Å². The van der Waals surface area contributed by atoms with E-state index >= 15 is 0 Å². The van der Waals surface area contributed by atoms with E-state index in [-0.39, 0.29) is 6.61 Å². The minimum absolute atomic E-state index is 0.266. The van der Waals surface area contributed by atoms with Crippen LogP contribution >= 0.6 is 45.5 Å². The van der Waals surface area contributed by atoms with Crippen molar-refractivity contribution in [3.63, 3.8) is 0 Å². The molecule has 0 unspecified atom stereocenters. The van der Waals surface area contributed by atoms with E-state index in [2.05, 4.69) is 29.5 Å². The van der Waals surface area contributed by atoms with Gasteiger partial charge in [-0.1, -0.05) is 24.9 Å². The Hall–Kier alpha value is 1.03. The summed E-state index contributed by atoms with van der Waals surface area (Å²) in [6, 6.07) is 0.873. The van der Waals surface area contributed by atoms with Gasteiger partial charge in [0, 0.05) is 6.61 Å². The number of halogens is 2. The van der Waals surface area contributed by atoms with Crippen molar-refractivity contribution in [3.05, 3.63) is 12.0 Å². The first-order valence-electron chi connectivity index (χ1n) is 4.27. The highest BCUT2D eigenvalue weighted by Crippen LogP contribution is 2.28. The molecule has 0 radical (unpaired) electrons. The van der Waals surface area contributed by atoms with E-state index in [1.165, 1.54) is 14.5 Å². The van der Waals surface area contributed by atoms with Crippen LogP contribution in [0.5, 0.6) is 0 Å². The van der Waals surface area contributed by atoms with Gasteiger partial charge in [0.1, 0.15) is 0 Å². The Labute approximate surface area is 103 Å². The molecule has 1 heterocycles. The van der Waals surface area contributed by atoms with Crippen molar-refractivity contribution >= 4 is 53.9 Å². The highest BCUT2D eigenvalue weighted by molar-refractivity contribution is 14.1. The van der Waals surface area contributed by atoms with Crippen LogP contribution in [-0.2, 0) is 12.5 Å². The van der Waals surface area contributed by atoms with Crippen molar-refractivity contribution in [2.45, 2.75) is 25.8 Å². The topological polar surface area (TPSA) is 20.2 Å². The molecule has 0 aromatic carbocycles. The van der Waals surface area contributed by atoms with Crippen molar-refractivity contribution in [2.24, 2.45) is 0 Å². The SMILES string of the molecule is CCCc1c(I)sc(Cl)[si]1CCO. The maximum Gasteiger partial charge on any atom is 0.0819 e.